The minimum absolute atomic E-state index is 0.0428. The third-order valence-corrected chi connectivity index (χ3v) is 3.40. The first-order valence-corrected chi connectivity index (χ1v) is 6.05. The van der Waals surface area contributed by atoms with Crippen molar-refractivity contribution >= 4 is 17.9 Å². The van der Waals surface area contributed by atoms with E-state index in [1.165, 1.54) is 9.80 Å². The van der Waals surface area contributed by atoms with Gasteiger partial charge in [0, 0.05) is 19.1 Å². The van der Waals surface area contributed by atoms with Crippen LogP contribution >= 0.6 is 0 Å². The fourth-order valence-corrected chi connectivity index (χ4v) is 2.23. The van der Waals surface area contributed by atoms with E-state index in [2.05, 4.69) is 0 Å². The minimum atomic E-state index is -1.01. The van der Waals surface area contributed by atoms with Gasteiger partial charge in [-0.15, -0.1) is 0 Å². The van der Waals surface area contributed by atoms with Crippen LogP contribution in [0.3, 0.4) is 0 Å². The van der Waals surface area contributed by atoms with Gasteiger partial charge in [0.05, 0.1) is 5.92 Å². The van der Waals surface area contributed by atoms with E-state index < -0.39 is 11.9 Å². The van der Waals surface area contributed by atoms with Crippen molar-refractivity contribution in [3.8, 4) is 0 Å². The third-order valence-electron chi connectivity index (χ3n) is 3.40. The molecule has 0 spiro atoms. The monoisotopic (exact) mass is 255 g/mol. The zero-order chi connectivity index (χ0) is 13.3. The summed E-state index contributed by atoms with van der Waals surface area (Å²) in [4.78, 5) is 36.9. The molecule has 1 saturated heterocycles. The van der Waals surface area contributed by atoms with Gasteiger partial charge in [-0.05, 0) is 19.3 Å². The Hall–Kier alpha value is -1.79. The standard InChI is InChI=1S/C11H17N3O4/c12-10(17)7-3-4-13(5-7)11(18)14(6-9(15)16)8-1-2-8/h7-8H,1-6H2,(H2,12,17)(H,15,16). The molecule has 0 bridgehead atoms. The predicted octanol–water partition coefficient (Wildman–Crippen LogP) is -0.537. The van der Waals surface area contributed by atoms with Gasteiger partial charge in [-0.25, -0.2) is 4.79 Å². The van der Waals surface area contributed by atoms with Crippen LogP contribution in [0.5, 0.6) is 0 Å². The Kier molecular flexibility index (Phi) is 3.40. The molecule has 1 aliphatic carbocycles. The molecule has 0 aromatic rings. The number of hydrogen-bond acceptors (Lipinski definition) is 3. The molecule has 2 fully saturated rings. The van der Waals surface area contributed by atoms with Crippen LogP contribution in [0.2, 0.25) is 0 Å². The van der Waals surface area contributed by atoms with Crippen LogP contribution in [-0.4, -0.2) is 58.5 Å². The molecule has 2 rings (SSSR count). The highest BCUT2D eigenvalue weighted by atomic mass is 16.4. The first kappa shape index (κ1) is 12.7. The number of carboxylic acids is 1. The summed E-state index contributed by atoms with van der Waals surface area (Å²) in [5, 5.41) is 8.81. The smallest absolute Gasteiger partial charge is 0.323 e. The second-order valence-electron chi connectivity index (χ2n) is 4.87. The number of carboxylic acid groups (broad SMARTS) is 1. The third kappa shape index (κ3) is 2.72. The van der Waals surface area contributed by atoms with Crippen LogP contribution in [0.25, 0.3) is 0 Å². The molecule has 100 valence electrons. The van der Waals surface area contributed by atoms with Crippen molar-refractivity contribution < 1.29 is 19.5 Å². The number of amides is 3. The lowest BCUT2D eigenvalue weighted by Crippen LogP contribution is -2.46. The number of urea groups is 1. The lowest BCUT2D eigenvalue weighted by Gasteiger charge is -2.26. The largest absolute Gasteiger partial charge is 0.480 e. The number of aliphatic carboxylic acids is 1. The molecule has 1 heterocycles. The molecular weight excluding hydrogens is 238 g/mol. The summed E-state index contributed by atoms with van der Waals surface area (Å²) in [7, 11) is 0. The molecule has 7 nitrogen and oxygen atoms in total. The highest BCUT2D eigenvalue weighted by molar-refractivity contribution is 5.83. The Morgan fingerprint density at radius 3 is 2.39 bits per heavy atom. The average molecular weight is 255 g/mol. The van der Waals surface area contributed by atoms with Crippen LogP contribution < -0.4 is 5.73 Å². The second-order valence-corrected chi connectivity index (χ2v) is 4.87. The Balaban J connectivity index is 1.97. The number of hydrogen-bond donors (Lipinski definition) is 2. The van der Waals surface area contributed by atoms with Crippen molar-refractivity contribution in [2.45, 2.75) is 25.3 Å². The number of carbonyl (C=O) groups is 3. The molecule has 0 aromatic carbocycles. The Morgan fingerprint density at radius 2 is 1.94 bits per heavy atom. The fraction of sp³-hybridized carbons (Fsp3) is 0.727. The van der Waals surface area contributed by atoms with Crippen LogP contribution in [-0.2, 0) is 9.59 Å². The average Bonchev–Trinajstić information content (AvgIpc) is 3.00. The van der Waals surface area contributed by atoms with E-state index in [0.717, 1.165) is 12.8 Å². The van der Waals surface area contributed by atoms with Crippen LogP contribution in [0.15, 0.2) is 0 Å². The minimum Gasteiger partial charge on any atom is -0.480 e. The van der Waals surface area contributed by atoms with Crippen molar-refractivity contribution in [3.63, 3.8) is 0 Å². The molecular formula is C11H17N3O4. The van der Waals surface area contributed by atoms with Gasteiger partial charge in [-0.3, -0.25) is 9.59 Å². The molecule has 1 unspecified atom stereocenters. The Morgan fingerprint density at radius 1 is 1.28 bits per heavy atom. The SMILES string of the molecule is NC(=O)C1CCN(C(=O)N(CC(=O)O)C2CC2)C1. The van der Waals surface area contributed by atoms with Crippen molar-refractivity contribution in [3.05, 3.63) is 0 Å². The highest BCUT2D eigenvalue weighted by Gasteiger charge is 2.38. The zero-order valence-electron chi connectivity index (χ0n) is 10.0. The molecule has 3 amide bonds. The van der Waals surface area contributed by atoms with Gasteiger partial charge in [0.25, 0.3) is 0 Å². The Labute approximate surface area is 105 Å². The van der Waals surface area contributed by atoms with E-state index in [9.17, 15) is 14.4 Å². The summed E-state index contributed by atoms with van der Waals surface area (Å²) in [6.45, 7) is 0.494. The molecule has 1 saturated carbocycles. The number of rotatable bonds is 4. The first-order valence-electron chi connectivity index (χ1n) is 6.05. The fourth-order valence-electron chi connectivity index (χ4n) is 2.23. The molecule has 1 aliphatic heterocycles. The van der Waals surface area contributed by atoms with E-state index in [4.69, 9.17) is 10.8 Å². The molecule has 3 N–H and O–H groups in total. The number of nitrogens with zero attached hydrogens (tertiary/aromatic N) is 2. The van der Waals surface area contributed by atoms with Gasteiger partial charge in [0.1, 0.15) is 6.54 Å². The maximum atomic E-state index is 12.2. The van der Waals surface area contributed by atoms with Gasteiger partial charge in [-0.2, -0.15) is 0 Å². The molecule has 18 heavy (non-hydrogen) atoms. The van der Waals surface area contributed by atoms with E-state index in [1.54, 1.807) is 0 Å². The van der Waals surface area contributed by atoms with E-state index in [-0.39, 0.29) is 24.5 Å². The molecule has 2 aliphatic rings. The number of nitrogens with two attached hydrogens (primary N) is 1. The number of likely N-dealkylation sites (tertiary alicyclic amines) is 1. The molecule has 7 heteroatoms. The van der Waals surface area contributed by atoms with Crippen molar-refractivity contribution in [1.29, 1.82) is 0 Å². The highest BCUT2D eigenvalue weighted by Crippen LogP contribution is 2.29. The van der Waals surface area contributed by atoms with Crippen LogP contribution in [0.1, 0.15) is 19.3 Å². The molecule has 0 aromatic heterocycles. The Bertz CT molecular complexity index is 380. The van der Waals surface area contributed by atoms with Gasteiger partial charge in [0.15, 0.2) is 0 Å². The lowest BCUT2D eigenvalue weighted by molar-refractivity contribution is -0.138. The summed E-state index contributed by atoms with van der Waals surface area (Å²) < 4.78 is 0. The normalized spacial score (nSPS) is 22.9. The van der Waals surface area contributed by atoms with E-state index >= 15 is 0 Å². The van der Waals surface area contributed by atoms with Gasteiger partial charge in [-0.1, -0.05) is 0 Å². The quantitative estimate of drug-likeness (QED) is 0.704. The van der Waals surface area contributed by atoms with E-state index in [0.29, 0.717) is 19.5 Å². The van der Waals surface area contributed by atoms with Gasteiger partial charge in [0.2, 0.25) is 5.91 Å². The molecule has 1 atom stereocenters. The first-order chi connectivity index (χ1) is 8.49. The van der Waals surface area contributed by atoms with Gasteiger partial charge >= 0.3 is 12.0 Å². The van der Waals surface area contributed by atoms with Crippen molar-refractivity contribution in [2.24, 2.45) is 11.7 Å². The summed E-state index contributed by atoms with van der Waals surface area (Å²) in [5.41, 5.74) is 5.20. The summed E-state index contributed by atoms with van der Waals surface area (Å²) in [5.74, 6) is -1.72. The summed E-state index contributed by atoms with van der Waals surface area (Å²) in [6, 6.07) is -0.245. The maximum Gasteiger partial charge on any atom is 0.323 e. The van der Waals surface area contributed by atoms with Gasteiger partial charge < -0.3 is 20.6 Å². The molecule has 0 radical (unpaired) electrons. The number of carbonyl (C=O) groups excluding carboxylic acids is 2. The topological polar surface area (TPSA) is 104 Å². The summed E-state index contributed by atoms with van der Waals surface area (Å²) >= 11 is 0. The lowest BCUT2D eigenvalue weighted by atomic mass is 10.1. The van der Waals surface area contributed by atoms with Crippen molar-refractivity contribution in [1.82, 2.24) is 9.80 Å². The van der Waals surface area contributed by atoms with Crippen LogP contribution in [0, 0.1) is 5.92 Å². The van der Waals surface area contributed by atoms with E-state index in [1.807, 2.05) is 0 Å². The predicted molar refractivity (Wildman–Crippen MR) is 61.6 cm³/mol. The summed E-state index contributed by atoms with van der Waals surface area (Å²) in [6.07, 6.45) is 2.27. The van der Waals surface area contributed by atoms with Crippen molar-refractivity contribution in [2.75, 3.05) is 19.6 Å². The number of primary amides is 1. The second kappa shape index (κ2) is 4.83. The zero-order valence-corrected chi connectivity index (χ0v) is 10.0. The maximum absolute atomic E-state index is 12.2. The van der Waals surface area contributed by atoms with Crippen LogP contribution in [0.4, 0.5) is 4.79 Å².